The van der Waals surface area contributed by atoms with Crippen LogP contribution in [0.5, 0.6) is 0 Å². The second-order valence-corrected chi connectivity index (χ2v) is 6.72. The molecule has 0 saturated carbocycles. The Hall–Kier alpha value is -1.49. The molecule has 2 saturated heterocycles. The molecule has 2 fully saturated rings. The second-order valence-electron chi connectivity index (χ2n) is 5.35. The maximum Gasteiger partial charge on any atom is 0.256 e. The van der Waals surface area contributed by atoms with E-state index in [1.54, 1.807) is 16.7 Å². The van der Waals surface area contributed by atoms with Crippen molar-refractivity contribution in [3.05, 3.63) is 35.4 Å². The number of fused-ring (bicyclic) bond motifs is 1. The molecule has 0 aromatic heterocycles. The lowest BCUT2D eigenvalue weighted by Gasteiger charge is -2.29. The molecule has 0 bridgehead atoms. The molecule has 1 aromatic carbocycles. The molecular formula is C15H18N2O2S. The van der Waals surface area contributed by atoms with Crippen molar-refractivity contribution >= 4 is 23.6 Å². The van der Waals surface area contributed by atoms with Gasteiger partial charge in [-0.25, -0.2) is 0 Å². The summed E-state index contributed by atoms with van der Waals surface area (Å²) in [6.45, 7) is 3.25. The summed E-state index contributed by atoms with van der Waals surface area (Å²) in [5.41, 5.74) is 2.29. The first kappa shape index (κ1) is 13.5. The van der Waals surface area contributed by atoms with Crippen LogP contribution in [0.4, 0.5) is 0 Å². The summed E-state index contributed by atoms with van der Waals surface area (Å²) in [7, 11) is 0. The van der Waals surface area contributed by atoms with Crippen LogP contribution in [0.3, 0.4) is 0 Å². The van der Waals surface area contributed by atoms with Gasteiger partial charge in [0.15, 0.2) is 4.87 Å². The van der Waals surface area contributed by atoms with Crippen molar-refractivity contribution < 1.29 is 9.59 Å². The monoisotopic (exact) mass is 290 g/mol. The van der Waals surface area contributed by atoms with Crippen LogP contribution in [0, 0.1) is 6.92 Å². The van der Waals surface area contributed by atoms with E-state index in [1.165, 1.54) is 5.56 Å². The van der Waals surface area contributed by atoms with Crippen LogP contribution in [0.1, 0.15) is 24.0 Å². The van der Waals surface area contributed by atoms with E-state index in [4.69, 9.17) is 0 Å². The summed E-state index contributed by atoms with van der Waals surface area (Å²) in [5.74, 6) is 0.941. The van der Waals surface area contributed by atoms with E-state index in [9.17, 15) is 9.59 Å². The molecular weight excluding hydrogens is 272 g/mol. The molecule has 106 valence electrons. The van der Waals surface area contributed by atoms with Gasteiger partial charge in [-0.05, 0) is 18.9 Å². The summed E-state index contributed by atoms with van der Waals surface area (Å²) in [6.07, 6.45) is 1.13. The van der Waals surface area contributed by atoms with Crippen molar-refractivity contribution in [1.82, 2.24) is 10.2 Å². The molecule has 0 spiro atoms. The molecule has 1 aromatic rings. The minimum atomic E-state index is -0.637. The molecule has 0 radical (unpaired) electrons. The molecule has 4 nitrogen and oxygen atoms in total. The first-order valence-corrected chi connectivity index (χ1v) is 7.89. The van der Waals surface area contributed by atoms with Crippen molar-refractivity contribution in [2.75, 3.05) is 12.3 Å². The van der Waals surface area contributed by atoms with Crippen LogP contribution >= 0.6 is 11.8 Å². The summed E-state index contributed by atoms with van der Waals surface area (Å²) >= 11 is 1.60. The van der Waals surface area contributed by atoms with Crippen LogP contribution in [-0.4, -0.2) is 33.9 Å². The lowest BCUT2D eigenvalue weighted by molar-refractivity contribution is -0.135. The summed E-state index contributed by atoms with van der Waals surface area (Å²) in [5, 5.41) is 2.99. The minimum absolute atomic E-state index is 0.0218. The van der Waals surface area contributed by atoms with Gasteiger partial charge in [-0.2, -0.15) is 0 Å². The van der Waals surface area contributed by atoms with Gasteiger partial charge in [-0.15, -0.1) is 11.8 Å². The Morgan fingerprint density at radius 1 is 1.40 bits per heavy atom. The molecule has 5 heteroatoms. The van der Waals surface area contributed by atoms with Crippen molar-refractivity contribution in [2.45, 2.75) is 31.2 Å². The fourth-order valence-electron chi connectivity index (χ4n) is 2.84. The maximum absolute atomic E-state index is 12.5. The Morgan fingerprint density at radius 2 is 2.15 bits per heavy atom. The Labute approximate surface area is 122 Å². The number of thioether (sulfide) groups is 1. The van der Waals surface area contributed by atoms with Crippen molar-refractivity contribution in [1.29, 1.82) is 0 Å². The zero-order chi connectivity index (χ0) is 14.2. The Kier molecular flexibility index (Phi) is 3.46. The predicted octanol–water partition coefficient (Wildman–Crippen LogP) is 1.68. The first-order valence-electron chi connectivity index (χ1n) is 6.90. The number of amides is 2. The molecule has 1 atom stereocenters. The molecule has 0 aliphatic carbocycles. The highest BCUT2D eigenvalue weighted by Gasteiger charge is 2.54. The molecule has 20 heavy (non-hydrogen) atoms. The standard InChI is InChI=1S/C15H18N2O2S/c1-11-2-4-12(5-3-11)10-16-14(19)15-7-6-13(18)17(15)8-9-20-15/h2-5H,6-10H2,1H3,(H,16,19)/t15-/m0/s1. The van der Waals surface area contributed by atoms with Gasteiger partial charge >= 0.3 is 0 Å². The lowest BCUT2D eigenvalue weighted by Crippen LogP contribution is -2.50. The minimum Gasteiger partial charge on any atom is -0.349 e. The Morgan fingerprint density at radius 3 is 2.90 bits per heavy atom. The Balaban J connectivity index is 1.67. The summed E-state index contributed by atoms with van der Waals surface area (Å²) < 4.78 is 0. The highest BCUT2D eigenvalue weighted by Crippen LogP contribution is 2.44. The Bertz CT molecular complexity index is 543. The zero-order valence-corrected chi connectivity index (χ0v) is 12.3. The fourth-order valence-corrected chi connectivity index (χ4v) is 4.25. The zero-order valence-electron chi connectivity index (χ0n) is 11.5. The quantitative estimate of drug-likeness (QED) is 0.921. The van der Waals surface area contributed by atoms with E-state index in [0.717, 1.165) is 11.3 Å². The SMILES string of the molecule is Cc1ccc(CNC(=O)[C@@]23CCC(=O)N2CCS3)cc1. The number of rotatable bonds is 3. The summed E-state index contributed by atoms with van der Waals surface area (Å²) in [4.78, 5) is 25.4. The fraction of sp³-hybridized carbons (Fsp3) is 0.467. The van der Waals surface area contributed by atoms with Gasteiger partial charge in [-0.3, -0.25) is 9.59 Å². The van der Waals surface area contributed by atoms with E-state index < -0.39 is 4.87 Å². The van der Waals surface area contributed by atoms with E-state index in [-0.39, 0.29) is 11.8 Å². The number of hydrogen-bond acceptors (Lipinski definition) is 3. The van der Waals surface area contributed by atoms with Crippen LogP contribution in [-0.2, 0) is 16.1 Å². The van der Waals surface area contributed by atoms with Crippen LogP contribution in [0.15, 0.2) is 24.3 Å². The van der Waals surface area contributed by atoms with Crippen molar-refractivity contribution in [3.63, 3.8) is 0 Å². The lowest BCUT2D eigenvalue weighted by atomic mass is 10.1. The summed E-state index contributed by atoms with van der Waals surface area (Å²) in [6, 6.07) is 8.12. The third-order valence-electron chi connectivity index (χ3n) is 4.00. The number of nitrogens with one attached hydrogen (secondary N) is 1. The van der Waals surface area contributed by atoms with Crippen LogP contribution in [0.2, 0.25) is 0 Å². The van der Waals surface area contributed by atoms with Crippen molar-refractivity contribution in [3.8, 4) is 0 Å². The number of carbonyl (C=O) groups excluding carboxylic acids is 2. The largest absolute Gasteiger partial charge is 0.349 e. The van der Waals surface area contributed by atoms with Gasteiger partial charge in [0.05, 0.1) is 0 Å². The molecule has 2 heterocycles. The number of nitrogens with zero attached hydrogens (tertiary/aromatic N) is 1. The van der Waals surface area contributed by atoms with E-state index in [1.807, 2.05) is 31.2 Å². The first-order chi connectivity index (χ1) is 9.62. The van der Waals surface area contributed by atoms with Gasteiger partial charge in [0, 0.05) is 25.3 Å². The number of hydrogen-bond donors (Lipinski definition) is 1. The van der Waals surface area contributed by atoms with Gasteiger partial charge in [0.2, 0.25) is 5.91 Å². The smallest absolute Gasteiger partial charge is 0.256 e. The molecule has 0 unspecified atom stereocenters. The average Bonchev–Trinajstić information content (AvgIpc) is 3.00. The number of benzene rings is 1. The topological polar surface area (TPSA) is 49.4 Å². The second kappa shape index (κ2) is 5.13. The van der Waals surface area contributed by atoms with E-state index in [2.05, 4.69) is 5.32 Å². The van der Waals surface area contributed by atoms with Crippen LogP contribution < -0.4 is 5.32 Å². The van der Waals surface area contributed by atoms with Gasteiger partial charge in [0.1, 0.15) is 0 Å². The van der Waals surface area contributed by atoms with Gasteiger partial charge in [0.25, 0.3) is 5.91 Å². The average molecular weight is 290 g/mol. The number of carbonyl (C=O) groups is 2. The third-order valence-corrected chi connectivity index (χ3v) is 5.47. The molecule has 3 rings (SSSR count). The number of aryl methyl sites for hydroxylation is 1. The van der Waals surface area contributed by atoms with E-state index in [0.29, 0.717) is 25.9 Å². The molecule has 2 amide bonds. The third kappa shape index (κ3) is 2.20. The molecule has 2 aliphatic heterocycles. The normalized spacial score (nSPS) is 24.9. The van der Waals surface area contributed by atoms with Gasteiger partial charge < -0.3 is 10.2 Å². The van der Waals surface area contributed by atoms with Gasteiger partial charge in [-0.1, -0.05) is 29.8 Å². The maximum atomic E-state index is 12.5. The highest BCUT2D eigenvalue weighted by molar-refractivity contribution is 8.01. The molecule has 1 N–H and O–H groups in total. The van der Waals surface area contributed by atoms with Crippen molar-refractivity contribution in [2.24, 2.45) is 0 Å². The van der Waals surface area contributed by atoms with E-state index >= 15 is 0 Å². The van der Waals surface area contributed by atoms with Crippen LogP contribution in [0.25, 0.3) is 0 Å². The molecule has 2 aliphatic rings. The predicted molar refractivity (Wildman–Crippen MR) is 79.2 cm³/mol. The highest BCUT2D eigenvalue weighted by atomic mass is 32.2.